The van der Waals surface area contributed by atoms with Crippen molar-refractivity contribution in [3.8, 4) is 5.75 Å². The third-order valence-corrected chi connectivity index (χ3v) is 6.19. The number of aromatic nitrogens is 1. The Balaban J connectivity index is 1.91. The summed E-state index contributed by atoms with van der Waals surface area (Å²) in [4.78, 5) is 41.8. The molecule has 7 heteroatoms. The van der Waals surface area contributed by atoms with Crippen LogP contribution in [-0.4, -0.2) is 35.7 Å². The molecule has 0 aliphatic rings. The van der Waals surface area contributed by atoms with Gasteiger partial charge in [0.1, 0.15) is 16.7 Å². The molecule has 0 fully saturated rings. The summed E-state index contributed by atoms with van der Waals surface area (Å²) in [5, 5.41) is 0. The molecule has 3 aromatic rings. The highest BCUT2D eigenvalue weighted by Crippen LogP contribution is 2.27. The number of rotatable bonds is 7. The van der Waals surface area contributed by atoms with E-state index in [1.165, 1.54) is 16.7 Å². The normalized spacial score (nSPS) is 12.3. The van der Waals surface area contributed by atoms with E-state index in [1.54, 1.807) is 38.4 Å². The number of methoxy groups -OCH3 is 1. The van der Waals surface area contributed by atoms with E-state index in [2.05, 4.69) is 25.8 Å². The van der Waals surface area contributed by atoms with Crippen molar-refractivity contribution in [2.75, 3.05) is 14.2 Å². The van der Waals surface area contributed by atoms with Gasteiger partial charge >= 0.3 is 4.87 Å². The smallest absolute Gasteiger partial charge is 0.305 e. The van der Waals surface area contributed by atoms with Crippen LogP contribution in [0.1, 0.15) is 53.2 Å². The van der Waals surface area contributed by atoms with Gasteiger partial charge in [-0.2, -0.15) is 0 Å². The molecule has 3 rings (SSSR count). The van der Waals surface area contributed by atoms with Crippen molar-refractivity contribution in [1.29, 1.82) is 0 Å². The molecule has 0 saturated heterocycles. The van der Waals surface area contributed by atoms with E-state index in [4.69, 9.17) is 4.74 Å². The quantitative estimate of drug-likeness (QED) is 0.577. The summed E-state index contributed by atoms with van der Waals surface area (Å²) in [6.07, 6.45) is 1.56. The molecule has 0 aliphatic carbocycles. The SMILES string of the molecule is COc1ccc(C(C(=O)Cc2ccc(C(C)(C)C)cc2)N(C)C(=O)c2c[nH]c(=O)s2)cc1. The van der Waals surface area contributed by atoms with Crippen LogP contribution in [0.25, 0.3) is 0 Å². The molecule has 1 unspecified atom stereocenters. The number of aromatic amines is 1. The summed E-state index contributed by atoms with van der Waals surface area (Å²) in [5.74, 6) is 0.165. The van der Waals surface area contributed by atoms with E-state index in [0.717, 1.165) is 16.9 Å². The Morgan fingerprint density at radius 3 is 2.19 bits per heavy atom. The predicted octanol–water partition coefficient (Wildman–Crippen LogP) is 4.37. The zero-order valence-corrected chi connectivity index (χ0v) is 19.8. The molecule has 1 aromatic heterocycles. The van der Waals surface area contributed by atoms with Crippen LogP contribution in [0.2, 0.25) is 0 Å². The number of ether oxygens (including phenoxy) is 1. The number of benzene rings is 2. The number of thiazole rings is 1. The standard InChI is InChI=1S/C25H28N2O4S/c1-25(2,3)18-10-6-16(7-11-18)14-20(28)22(17-8-12-19(31-5)13-9-17)27(4)23(29)21-15-26-24(30)32-21/h6-13,15,22H,14H2,1-5H3,(H,26,30). The minimum Gasteiger partial charge on any atom is -0.497 e. The first kappa shape index (κ1) is 23.5. The lowest BCUT2D eigenvalue weighted by Gasteiger charge is -2.27. The van der Waals surface area contributed by atoms with Gasteiger partial charge in [-0.15, -0.1) is 0 Å². The molecule has 0 aliphatic heterocycles. The van der Waals surface area contributed by atoms with Crippen LogP contribution in [0, 0.1) is 0 Å². The number of hydrogen-bond acceptors (Lipinski definition) is 5. The average molecular weight is 453 g/mol. The summed E-state index contributed by atoms with van der Waals surface area (Å²) in [6, 6.07) is 14.3. The van der Waals surface area contributed by atoms with Crippen LogP contribution >= 0.6 is 11.3 Å². The van der Waals surface area contributed by atoms with E-state index in [1.807, 2.05) is 24.3 Å². The minimum atomic E-state index is -0.798. The first-order valence-corrected chi connectivity index (χ1v) is 11.1. The van der Waals surface area contributed by atoms with Crippen LogP contribution in [0.5, 0.6) is 5.75 Å². The van der Waals surface area contributed by atoms with Crippen molar-refractivity contribution in [2.45, 2.75) is 38.6 Å². The van der Waals surface area contributed by atoms with Gasteiger partial charge in [-0.1, -0.05) is 68.5 Å². The zero-order valence-electron chi connectivity index (χ0n) is 19.0. The largest absolute Gasteiger partial charge is 0.497 e. The zero-order chi connectivity index (χ0) is 23.5. The van der Waals surface area contributed by atoms with Gasteiger partial charge in [0.15, 0.2) is 5.78 Å². The van der Waals surface area contributed by atoms with Crippen molar-refractivity contribution in [2.24, 2.45) is 0 Å². The van der Waals surface area contributed by atoms with Gasteiger partial charge in [0.2, 0.25) is 0 Å². The Kier molecular flexibility index (Phi) is 6.99. The summed E-state index contributed by atoms with van der Waals surface area (Å²) < 4.78 is 5.22. The number of likely N-dealkylation sites (N-methyl/N-ethyl adjacent to an activating group) is 1. The van der Waals surface area contributed by atoms with E-state index in [0.29, 0.717) is 11.3 Å². The number of amides is 1. The lowest BCUT2D eigenvalue weighted by molar-refractivity contribution is -0.122. The first-order valence-electron chi connectivity index (χ1n) is 10.3. The molecule has 1 N–H and O–H groups in total. The number of hydrogen-bond donors (Lipinski definition) is 1. The number of nitrogens with zero attached hydrogens (tertiary/aromatic N) is 1. The molecular formula is C25H28N2O4S. The lowest BCUT2D eigenvalue weighted by atomic mass is 9.86. The van der Waals surface area contributed by atoms with Crippen molar-refractivity contribution in [1.82, 2.24) is 9.88 Å². The number of carbonyl (C=O) groups is 2. The Bertz CT molecular complexity index is 1140. The predicted molar refractivity (Wildman–Crippen MR) is 127 cm³/mol. The van der Waals surface area contributed by atoms with Gasteiger partial charge < -0.3 is 14.6 Å². The monoisotopic (exact) mass is 452 g/mol. The Labute approximate surface area is 191 Å². The highest BCUT2D eigenvalue weighted by Gasteiger charge is 2.30. The van der Waals surface area contributed by atoms with Gasteiger partial charge in [-0.25, -0.2) is 0 Å². The fourth-order valence-corrected chi connectivity index (χ4v) is 4.18. The number of carbonyl (C=O) groups excluding carboxylic acids is 2. The van der Waals surface area contributed by atoms with E-state index in [9.17, 15) is 14.4 Å². The minimum absolute atomic E-state index is 0.0267. The number of ketones is 1. The van der Waals surface area contributed by atoms with Gasteiger partial charge in [0.05, 0.1) is 7.11 Å². The fraction of sp³-hybridized carbons (Fsp3) is 0.320. The Morgan fingerprint density at radius 2 is 1.69 bits per heavy atom. The molecule has 0 bridgehead atoms. The van der Waals surface area contributed by atoms with Crippen LogP contribution in [-0.2, 0) is 16.6 Å². The second-order valence-electron chi connectivity index (χ2n) is 8.72. The second kappa shape index (κ2) is 9.53. The number of H-pyrrole nitrogens is 1. The average Bonchev–Trinajstić information content (AvgIpc) is 3.19. The number of Topliss-reactive ketones (excluding diaryl/α,β-unsaturated/α-hetero) is 1. The first-order chi connectivity index (χ1) is 15.1. The summed E-state index contributed by atoms with van der Waals surface area (Å²) in [5.41, 5.74) is 2.78. The molecule has 2 aromatic carbocycles. The molecule has 0 saturated carbocycles. The van der Waals surface area contributed by atoms with E-state index < -0.39 is 6.04 Å². The Hall–Kier alpha value is -3.19. The second-order valence-corrected chi connectivity index (χ2v) is 9.74. The van der Waals surface area contributed by atoms with E-state index >= 15 is 0 Å². The Morgan fingerprint density at radius 1 is 1.06 bits per heavy atom. The van der Waals surface area contributed by atoms with E-state index in [-0.39, 0.29) is 33.3 Å². The topological polar surface area (TPSA) is 79.5 Å². The lowest BCUT2D eigenvalue weighted by Crippen LogP contribution is -2.36. The van der Waals surface area contributed by atoms with Gasteiger partial charge in [0, 0.05) is 19.7 Å². The third-order valence-electron chi connectivity index (χ3n) is 5.38. The van der Waals surface area contributed by atoms with Crippen LogP contribution in [0.15, 0.2) is 59.5 Å². The van der Waals surface area contributed by atoms with Crippen molar-refractivity contribution < 1.29 is 14.3 Å². The molecule has 1 amide bonds. The molecular weight excluding hydrogens is 424 g/mol. The van der Waals surface area contributed by atoms with Gasteiger partial charge in [0.25, 0.3) is 5.91 Å². The molecule has 1 atom stereocenters. The van der Waals surface area contributed by atoms with Crippen LogP contribution < -0.4 is 9.61 Å². The maximum Gasteiger partial charge on any atom is 0.305 e. The summed E-state index contributed by atoms with van der Waals surface area (Å²) in [6.45, 7) is 6.42. The molecule has 0 radical (unpaired) electrons. The molecule has 0 spiro atoms. The summed E-state index contributed by atoms with van der Waals surface area (Å²) >= 11 is 0.829. The summed E-state index contributed by atoms with van der Waals surface area (Å²) in [7, 11) is 3.16. The van der Waals surface area contributed by atoms with Gasteiger partial charge in [-0.05, 0) is 34.2 Å². The molecule has 168 valence electrons. The maximum absolute atomic E-state index is 13.4. The van der Waals surface area contributed by atoms with Crippen molar-refractivity contribution in [3.05, 3.63) is 86.0 Å². The highest BCUT2D eigenvalue weighted by molar-refractivity contribution is 7.11. The highest BCUT2D eigenvalue weighted by atomic mass is 32.1. The third kappa shape index (κ3) is 5.34. The number of nitrogens with one attached hydrogen (secondary N) is 1. The van der Waals surface area contributed by atoms with Crippen molar-refractivity contribution >= 4 is 23.0 Å². The molecule has 32 heavy (non-hydrogen) atoms. The van der Waals surface area contributed by atoms with Crippen LogP contribution in [0.3, 0.4) is 0 Å². The molecule has 6 nitrogen and oxygen atoms in total. The van der Waals surface area contributed by atoms with Gasteiger partial charge in [-0.3, -0.25) is 14.4 Å². The maximum atomic E-state index is 13.4. The fourth-order valence-electron chi connectivity index (χ4n) is 3.51. The van der Waals surface area contributed by atoms with Crippen LogP contribution in [0.4, 0.5) is 0 Å². The molecule has 1 heterocycles. The van der Waals surface area contributed by atoms with Crippen molar-refractivity contribution in [3.63, 3.8) is 0 Å².